The summed E-state index contributed by atoms with van der Waals surface area (Å²) in [7, 11) is 2.07. The zero-order chi connectivity index (χ0) is 18.2. The number of piperidine rings is 1. The molecule has 27 heavy (non-hydrogen) atoms. The Morgan fingerprint density at radius 3 is 2.63 bits per heavy atom. The lowest BCUT2D eigenvalue weighted by atomic mass is 9.96. The molecular formula is C19H24N8. The minimum atomic E-state index is 0.444. The highest BCUT2D eigenvalue weighted by molar-refractivity contribution is 5.41. The number of hydrogen-bond acceptors (Lipinski definition) is 6. The highest BCUT2D eigenvalue weighted by Crippen LogP contribution is 2.39. The van der Waals surface area contributed by atoms with Gasteiger partial charge in [0.15, 0.2) is 5.82 Å². The predicted molar refractivity (Wildman–Crippen MR) is 101 cm³/mol. The topological polar surface area (TPSA) is 77.5 Å². The second-order valence-corrected chi connectivity index (χ2v) is 7.61. The first kappa shape index (κ1) is 16.4. The summed E-state index contributed by atoms with van der Waals surface area (Å²) >= 11 is 0. The molecule has 1 saturated heterocycles. The Morgan fingerprint density at radius 2 is 1.89 bits per heavy atom. The van der Waals surface area contributed by atoms with Gasteiger partial charge in [-0.2, -0.15) is 0 Å². The Labute approximate surface area is 158 Å². The van der Waals surface area contributed by atoms with Gasteiger partial charge in [-0.25, -0.2) is 15.0 Å². The first-order chi connectivity index (χ1) is 13.3. The molecule has 0 radical (unpaired) electrons. The molecule has 3 aromatic heterocycles. The van der Waals surface area contributed by atoms with Crippen LogP contribution < -0.4 is 4.90 Å². The van der Waals surface area contributed by atoms with Crippen molar-refractivity contribution in [3.05, 3.63) is 48.5 Å². The van der Waals surface area contributed by atoms with Gasteiger partial charge in [-0.1, -0.05) is 0 Å². The molecule has 8 heteroatoms. The summed E-state index contributed by atoms with van der Waals surface area (Å²) in [5.74, 6) is 4.24. The van der Waals surface area contributed by atoms with Gasteiger partial charge in [0.05, 0.1) is 12.9 Å². The van der Waals surface area contributed by atoms with E-state index in [1.165, 1.54) is 18.5 Å². The van der Waals surface area contributed by atoms with Crippen LogP contribution in [0.5, 0.6) is 0 Å². The van der Waals surface area contributed by atoms with Crippen LogP contribution >= 0.6 is 0 Å². The van der Waals surface area contributed by atoms with Crippen molar-refractivity contribution in [2.24, 2.45) is 7.05 Å². The normalized spacial score (nSPS) is 18.2. The number of anilines is 1. The molecule has 1 aliphatic heterocycles. The summed E-state index contributed by atoms with van der Waals surface area (Å²) in [4.78, 5) is 15.4. The molecule has 2 fully saturated rings. The van der Waals surface area contributed by atoms with Crippen LogP contribution in [0.25, 0.3) is 0 Å². The first-order valence-electron chi connectivity index (χ1n) is 9.68. The highest BCUT2D eigenvalue weighted by Gasteiger charge is 2.28. The molecule has 8 nitrogen and oxygen atoms in total. The Morgan fingerprint density at radius 1 is 1.04 bits per heavy atom. The maximum absolute atomic E-state index is 4.51. The van der Waals surface area contributed by atoms with Crippen LogP contribution in [0.3, 0.4) is 0 Å². The number of hydrogen-bond donors (Lipinski definition) is 0. The molecule has 5 rings (SSSR count). The summed E-state index contributed by atoms with van der Waals surface area (Å²) < 4.78 is 4.17. The van der Waals surface area contributed by atoms with E-state index in [2.05, 4.69) is 47.7 Å². The fourth-order valence-electron chi connectivity index (χ4n) is 3.92. The van der Waals surface area contributed by atoms with Crippen molar-refractivity contribution >= 4 is 5.82 Å². The lowest BCUT2D eigenvalue weighted by Gasteiger charge is -2.32. The molecule has 3 aromatic rings. The van der Waals surface area contributed by atoms with Crippen LogP contribution in [0.2, 0.25) is 0 Å². The fraction of sp³-hybridized carbons (Fsp3) is 0.526. The van der Waals surface area contributed by atoms with Gasteiger partial charge >= 0.3 is 0 Å². The van der Waals surface area contributed by atoms with Crippen LogP contribution in [0.4, 0.5) is 5.82 Å². The van der Waals surface area contributed by atoms with Crippen LogP contribution in [-0.2, 0) is 13.6 Å². The first-order valence-corrected chi connectivity index (χ1v) is 9.68. The van der Waals surface area contributed by atoms with Gasteiger partial charge in [-0.05, 0) is 25.7 Å². The van der Waals surface area contributed by atoms with Gasteiger partial charge in [-0.15, -0.1) is 10.2 Å². The summed E-state index contributed by atoms with van der Waals surface area (Å²) in [6, 6.07) is 2.18. The lowest BCUT2D eigenvalue weighted by Crippen LogP contribution is -2.34. The van der Waals surface area contributed by atoms with Crippen molar-refractivity contribution in [2.45, 2.75) is 44.1 Å². The van der Waals surface area contributed by atoms with E-state index in [-0.39, 0.29) is 0 Å². The predicted octanol–water partition coefficient (Wildman–Crippen LogP) is 2.11. The third kappa shape index (κ3) is 3.31. The maximum atomic E-state index is 4.51. The third-order valence-corrected chi connectivity index (χ3v) is 5.74. The van der Waals surface area contributed by atoms with Gasteiger partial charge in [0.2, 0.25) is 0 Å². The molecule has 1 saturated carbocycles. The van der Waals surface area contributed by atoms with E-state index in [9.17, 15) is 0 Å². The standard InChI is InChI=1S/C19H24N8/c1-25-18(11-26-9-6-20-13-26)23-24-19(25)15-4-7-27(8-5-15)17-10-16(14-2-3-14)21-12-22-17/h6,9-10,12-15H,2-5,7-8,11H2,1H3. The summed E-state index contributed by atoms with van der Waals surface area (Å²) in [5.41, 5.74) is 1.21. The van der Waals surface area contributed by atoms with Crippen LogP contribution in [0.15, 0.2) is 31.1 Å². The molecule has 0 spiro atoms. The molecule has 2 aliphatic rings. The second-order valence-electron chi connectivity index (χ2n) is 7.61. The van der Waals surface area contributed by atoms with E-state index in [0.717, 1.165) is 43.4 Å². The second kappa shape index (κ2) is 6.75. The van der Waals surface area contributed by atoms with Crippen LogP contribution in [0, 0.1) is 0 Å². The van der Waals surface area contributed by atoms with E-state index < -0.39 is 0 Å². The summed E-state index contributed by atoms with van der Waals surface area (Å²) in [6.07, 6.45) is 11.9. The zero-order valence-electron chi connectivity index (χ0n) is 15.6. The SMILES string of the molecule is Cn1c(Cn2ccnc2)nnc1C1CCN(c2cc(C3CC3)ncn2)CC1. The molecule has 0 bridgehead atoms. The average Bonchev–Trinajstić information content (AvgIpc) is 3.33. The van der Waals surface area contributed by atoms with Crippen molar-refractivity contribution in [1.29, 1.82) is 0 Å². The molecule has 0 unspecified atom stereocenters. The third-order valence-electron chi connectivity index (χ3n) is 5.74. The average molecular weight is 364 g/mol. The minimum absolute atomic E-state index is 0.444. The van der Waals surface area contributed by atoms with Gasteiger partial charge < -0.3 is 14.0 Å². The van der Waals surface area contributed by atoms with Crippen LogP contribution in [0.1, 0.15) is 54.9 Å². The van der Waals surface area contributed by atoms with Crippen molar-refractivity contribution in [3.63, 3.8) is 0 Å². The maximum Gasteiger partial charge on any atom is 0.152 e. The van der Waals surface area contributed by atoms with Gasteiger partial charge in [0.25, 0.3) is 0 Å². The van der Waals surface area contributed by atoms with E-state index in [1.807, 2.05) is 17.1 Å². The van der Waals surface area contributed by atoms with Gasteiger partial charge in [-0.3, -0.25) is 0 Å². The Balaban J connectivity index is 1.25. The van der Waals surface area contributed by atoms with Crippen molar-refractivity contribution in [3.8, 4) is 0 Å². The summed E-state index contributed by atoms with van der Waals surface area (Å²) in [6.45, 7) is 2.69. The van der Waals surface area contributed by atoms with Gasteiger partial charge in [0, 0.05) is 56.1 Å². The van der Waals surface area contributed by atoms with E-state index in [4.69, 9.17) is 0 Å². The molecule has 140 valence electrons. The van der Waals surface area contributed by atoms with Crippen molar-refractivity contribution < 1.29 is 0 Å². The zero-order valence-corrected chi connectivity index (χ0v) is 15.6. The van der Waals surface area contributed by atoms with Crippen LogP contribution in [-0.4, -0.2) is 47.4 Å². The molecule has 4 heterocycles. The molecule has 0 amide bonds. The monoisotopic (exact) mass is 364 g/mol. The molecule has 0 N–H and O–H groups in total. The fourth-order valence-corrected chi connectivity index (χ4v) is 3.92. The Bertz CT molecular complexity index is 904. The quantitative estimate of drug-likeness (QED) is 0.690. The van der Waals surface area contributed by atoms with E-state index >= 15 is 0 Å². The van der Waals surface area contributed by atoms with Crippen molar-refractivity contribution in [2.75, 3.05) is 18.0 Å². The molecule has 0 atom stereocenters. The summed E-state index contributed by atoms with van der Waals surface area (Å²) in [5, 5.41) is 8.91. The number of nitrogens with zero attached hydrogens (tertiary/aromatic N) is 8. The molecule has 0 aromatic carbocycles. The molecular weight excluding hydrogens is 340 g/mol. The highest BCUT2D eigenvalue weighted by atomic mass is 15.3. The van der Waals surface area contributed by atoms with Gasteiger partial charge in [0.1, 0.15) is 18.0 Å². The Kier molecular flexibility index (Phi) is 4.10. The van der Waals surface area contributed by atoms with E-state index in [1.54, 1.807) is 12.5 Å². The van der Waals surface area contributed by atoms with Crippen molar-refractivity contribution in [1.82, 2.24) is 34.3 Å². The minimum Gasteiger partial charge on any atom is -0.356 e. The lowest BCUT2D eigenvalue weighted by molar-refractivity contribution is 0.470. The Hall–Kier alpha value is -2.77. The largest absolute Gasteiger partial charge is 0.356 e. The number of rotatable bonds is 5. The molecule has 1 aliphatic carbocycles. The smallest absolute Gasteiger partial charge is 0.152 e. The number of aromatic nitrogens is 7. The van der Waals surface area contributed by atoms with E-state index in [0.29, 0.717) is 18.4 Å². The number of imidazole rings is 1.